The van der Waals surface area contributed by atoms with E-state index in [1.807, 2.05) is 38.1 Å². The third-order valence-corrected chi connectivity index (χ3v) is 7.39. The maximum absolute atomic E-state index is 13.0. The first kappa shape index (κ1) is 36.2. The number of fused-ring (bicyclic) bond motifs is 1. The van der Waals surface area contributed by atoms with E-state index in [1.54, 1.807) is 6.20 Å². The predicted molar refractivity (Wildman–Crippen MR) is 158 cm³/mol. The first-order valence-electron chi connectivity index (χ1n) is 15.1. The van der Waals surface area contributed by atoms with Gasteiger partial charge in [0.2, 0.25) is 5.91 Å². The van der Waals surface area contributed by atoms with Crippen LogP contribution in [0, 0.1) is 5.92 Å². The molecule has 2 aromatic rings. The van der Waals surface area contributed by atoms with Crippen LogP contribution in [0.1, 0.15) is 116 Å². The molecule has 1 aromatic carbocycles. The topological polar surface area (TPSA) is 118 Å². The summed E-state index contributed by atoms with van der Waals surface area (Å²) in [5, 5.41) is 25.8. The number of unbranched alkanes of at least 4 members (excludes halogenated alkanes) is 12. The Kier molecular flexibility index (Phi) is 19.0. The van der Waals surface area contributed by atoms with Crippen molar-refractivity contribution in [3.63, 3.8) is 0 Å². The Morgan fingerprint density at radius 2 is 1.48 bits per heavy atom. The number of carbonyl (C=O) groups excluding carboxylic acids is 1. The number of hydrogen-bond acceptors (Lipinski definition) is 4. The smallest absolute Gasteiger partial charge is 0.862 e. The number of aromatic amines is 1. The molecule has 2 unspecified atom stereocenters. The van der Waals surface area contributed by atoms with Crippen molar-refractivity contribution in [2.45, 2.75) is 129 Å². The molecule has 2 rings (SSSR count). The summed E-state index contributed by atoms with van der Waals surface area (Å²) < 4.78 is 0. The molecule has 1 amide bonds. The Hall–Kier alpha value is -1.83. The maximum Gasteiger partial charge on any atom is 1.00 e. The number of benzene rings is 1. The molecule has 1 aromatic heterocycles. The van der Waals surface area contributed by atoms with Crippen LogP contribution in [0.5, 0.6) is 0 Å². The first-order chi connectivity index (χ1) is 18.8. The number of aliphatic imine (C=N–C) groups is 1. The standard InChI is InChI=1S/C32H51N3O4.Na/c1-4-5-6-7-8-9-10-11-12-13-14-15-16-21-29(36)35-30(24(2)3)31(37)34-28(32(38)39)22-25-23-33-27-20-18-17-19-26(25)27;/h17-20,23-24,28,30,33H,4-16,21-22H2,1-3H3,(H,34,37)(H,35,36)(H,38,39);/q;+1/p-1. The van der Waals surface area contributed by atoms with E-state index in [9.17, 15) is 19.8 Å². The van der Waals surface area contributed by atoms with Gasteiger partial charge in [-0.15, -0.1) is 0 Å². The van der Waals surface area contributed by atoms with E-state index in [0.717, 1.165) is 35.7 Å². The van der Waals surface area contributed by atoms with Crippen molar-refractivity contribution in [3.05, 3.63) is 36.0 Å². The number of carboxylic acid groups (broad SMARTS) is 1. The third-order valence-electron chi connectivity index (χ3n) is 7.39. The molecule has 0 bridgehead atoms. The molecule has 2 atom stereocenters. The Morgan fingerprint density at radius 3 is 2.02 bits per heavy atom. The van der Waals surface area contributed by atoms with Crippen LogP contribution < -0.4 is 40.0 Å². The summed E-state index contributed by atoms with van der Waals surface area (Å²) in [5.74, 6) is -2.14. The Bertz CT molecular complexity index is 1020. The summed E-state index contributed by atoms with van der Waals surface area (Å²) in [6.07, 6.45) is 18.3. The maximum atomic E-state index is 13.0. The monoisotopic (exact) mass is 563 g/mol. The molecule has 3 N–H and O–H groups in total. The molecule has 218 valence electrons. The molecule has 0 aliphatic rings. The largest absolute Gasteiger partial charge is 1.00 e. The van der Waals surface area contributed by atoms with Crippen LogP contribution in [0.15, 0.2) is 35.5 Å². The van der Waals surface area contributed by atoms with Crippen molar-refractivity contribution < 1.29 is 49.4 Å². The number of carbonyl (C=O) groups is 2. The Labute approximate surface area is 263 Å². The summed E-state index contributed by atoms with van der Waals surface area (Å²) in [6.45, 7) is 5.89. The van der Waals surface area contributed by atoms with E-state index in [1.165, 1.54) is 64.2 Å². The minimum atomic E-state index is -1.12. The third kappa shape index (κ3) is 13.7. The van der Waals surface area contributed by atoms with Crippen LogP contribution in [0.25, 0.3) is 10.9 Å². The average molecular weight is 564 g/mol. The van der Waals surface area contributed by atoms with Gasteiger partial charge in [-0.25, -0.2) is 4.79 Å². The zero-order valence-corrected chi connectivity index (χ0v) is 27.3. The van der Waals surface area contributed by atoms with Crippen molar-refractivity contribution in [1.29, 1.82) is 0 Å². The van der Waals surface area contributed by atoms with Crippen LogP contribution in [0.2, 0.25) is 0 Å². The van der Waals surface area contributed by atoms with Gasteiger partial charge in [0.25, 0.3) is 0 Å². The minimum Gasteiger partial charge on any atom is -0.862 e. The number of H-pyrrole nitrogens is 1. The van der Waals surface area contributed by atoms with Gasteiger partial charge in [-0.2, -0.15) is 0 Å². The molecule has 0 spiro atoms. The van der Waals surface area contributed by atoms with E-state index in [2.05, 4.69) is 22.2 Å². The fourth-order valence-electron chi connectivity index (χ4n) is 5.00. The first-order valence-corrected chi connectivity index (χ1v) is 15.1. The molecule has 40 heavy (non-hydrogen) atoms. The molecule has 8 heteroatoms. The van der Waals surface area contributed by atoms with Gasteiger partial charge in [0.1, 0.15) is 12.1 Å². The summed E-state index contributed by atoms with van der Waals surface area (Å²) >= 11 is 0. The van der Waals surface area contributed by atoms with E-state index in [0.29, 0.717) is 6.42 Å². The van der Waals surface area contributed by atoms with Crippen LogP contribution in [0.3, 0.4) is 0 Å². The predicted octanol–water partition coefficient (Wildman–Crippen LogP) is 3.55. The van der Waals surface area contributed by atoms with Crippen LogP contribution >= 0.6 is 0 Å². The van der Waals surface area contributed by atoms with Crippen molar-refractivity contribution in [2.75, 3.05) is 0 Å². The second-order valence-corrected chi connectivity index (χ2v) is 11.2. The van der Waals surface area contributed by atoms with Gasteiger partial charge in [0.15, 0.2) is 0 Å². The van der Waals surface area contributed by atoms with Crippen molar-refractivity contribution in [2.24, 2.45) is 10.9 Å². The van der Waals surface area contributed by atoms with Crippen LogP contribution in [-0.2, 0) is 16.0 Å². The van der Waals surface area contributed by atoms with Crippen molar-refractivity contribution >= 4 is 28.7 Å². The van der Waals surface area contributed by atoms with Gasteiger partial charge in [-0.05, 0) is 36.3 Å². The van der Waals surface area contributed by atoms with Crippen LogP contribution in [-0.4, -0.2) is 39.9 Å². The number of nitrogens with one attached hydrogen (secondary N) is 2. The molecule has 0 aliphatic carbocycles. The van der Waals surface area contributed by atoms with Gasteiger partial charge in [0.05, 0.1) is 0 Å². The molecule has 1 heterocycles. The zero-order chi connectivity index (χ0) is 28.5. The molecular weight excluding hydrogens is 513 g/mol. The van der Waals surface area contributed by atoms with E-state index >= 15 is 0 Å². The quantitative estimate of drug-likeness (QED) is 0.0932. The SMILES string of the molecule is CCCCCCCCCCCCCCCC([O-])=NC(C(=O)NC(Cc1c[nH]c2ccccc12)C(=O)O)C(C)C.[Na+]. The molecule has 0 radical (unpaired) electrons. The number of para-hydroxylation sites is 1. The van der Waals surface area contributed by atoms with Crippen LogP contribution in [0.4, 0.5) is 0 Å². The summed E-state index contributed by atoms with van der Waals surface area (Å²) in [4.78, 5) is 32.2. The van der Waals surface area contributed by atoms with Gasteiger partial charge >= 0.3 is 35.5 Å². The number of rotatable bonds is 21. The second-order valence-electron chi connectivity index (χ2n) is 11.2. The number of carboxylic acids is 1. The number of aliphatic carboxylic acids is 1. The van der Waals surface area contributed by atoms with Crippen molar-refractivity contribution in [1.82, 2.24) is 10.3 Å². The van der Waals surface area contributed by atoms with E-state index in [-0.39, 0.29) is 47.8 Å². The molecule has 7 nitrogen and oxygen atoms in total. The molecule has 0 saturated heterocycles. The molecular formula is C32H50N3NaO4. The number of aromatic nitrogens is 1. The number of nitrogens with zero attached hydrogens (tertiary/aromatic N) is 1. The van der Waals surface area contributed by atoms with Gasteiger partial charge in [-0.3, -0.25) is 9.79 Å². The fourth-order valence-corrected chi connectivity index (χ4v) is 5.00. The molecule has 0 saturated carbocycles. The number of amides is 1. The van der Waals surface area contributed by atoms with E-state index in [4.69, 9.17) is 0 Å². The zero-order valence-electron chi connectivity index (χ0n) is 25.3. The Balaban J connectivity index is 0.00000800. The summed E-state index contributed by atoms with van der Waals surface area (Å²) in [5.41, 5.74) is 1.73. The molecule has 0 aliphatic heterocycles. The van der Waals surface area contributed by atoms with Crippen molar-refractivity contribution in [3.8, 4) is 0 Å². The van der Waals surface area contributed by atoms with Gasteiger partial charge in [0, 0.05) is 23.5 Å². The van der Waals surface area contributed by atoms with E-state index < -0.39 is 24.0 Å². The summed E-state index contributed by atoms with van der Waals surface area (Å²) in [7, 11) is 0. The van der Waals surface area contributed by atoms with Gasteiger partial charge < -0.3 is 20.5 Å². The van der Waals surface area contributed by atoms with Gasteiger partial charge in [-0.1, -0.05) is 116 Å². The normalized spacial score (nSPS) is 13.2. The fraction of sp³-hybridized carbons (Fsp3) is 0.656. The summed E-state index contributed by atoms with van der Waals surface area (Å²) in [6, 6.07) is 5.63. The average Bonchev–Trinajstić information content (AvgIpc) is 3.32. The number of hydrogen-bond donors (Lipinski definition) is 3. The molecule has 0 fully saturated rings. The minimum absolute atomic E-state index is 0. The second kappa shape index (κ2) is 21.0. The Morgan fingerprint density at radius 1 is 0.925 bits per heavy atom.